The van der Waals surface area contributed by atoms with Crippen molar-refractivity contribution < 1.29 is 9.47 Å². The Hall–Kier alpha value is -1.46. The number of methoxy groups -OCH3 is 2. The molecule has 0 bridgehead atoms. The molecule has 4 nitrogen and oxygen atoms in total. The molecule has 2 rings (SSSR count). The molecule has 0 atom stereocenters. The quantitative estimate of drug-likeness (QED) is 0.863. The Bertz CT molecular complexity index is 587. The van der Waals surface area contributed by atoms with Crippen LogP contribution in [0.5, 0.6) is 11.5 Å². The average Bonchev–Trinajstić information content (AvgIpc) is 2.93. The number of hydrogen-bond acceptors (Lipinski definition) is 5. The molecule has 0 aliphatic carbocycles. The largest absolute Gasteiger partial charge is 0.493 e. The third-order valence-electron chi connectivity index (χ3n) is 2.78. The molecule has 108 valence electrons. The van der Waals surface area contributed by atoms with Crippen LogP contribution in [0.4, 0.5) is 5.13 Å². The van der Waals surface area contributed by atoms with Crippen LogP contribution in [0, 0.1) is 0 Å². The molecule has 0 aliphatic heterocycles. The lowest BCUT2D eigenvalue weighted by Gasteiger charge is -2.11. The molecule has 0 amide bonds. The van der Waals surface area contributed by atoms with Gasteiger partial charge in [-0.05, 0) is 18.6 Å². The predicted molar refractivity (Wildman–Crippen MR) is 84.4 cm³/mol. The van der Waals surface area contributed by atoms with Crippen LogP contribution in [-0.2, 0) is 0 Å². The van der Waals surface area contributed by atoms with E-state index in [0.717, 1.165) is 28.5 Å². The first kappa shape index (κ1) is 14.9. The summed E-state index contributed by atoms with van der Waals surface area (Å²) in [6.07, 6.45) is 2.88. The third kappa shape index (κ3) is 2.99. The SMILES string of the molecule is CCCNc1ncc(-c2ccc(OC)c(OC)c2Cl)s1. The first-order valence-electron chi connectivity index (χ1n) is 6.31. The summed E-state index contributed by atoms with van der Waals surface area (Å²) in [6.45, 7) is 3.03. The Balaban J connectivity index is 2.35. The Morgan fingerprint density at radius 1 is 1.30 bits per heavy atom. The fourth-order valence-corrected chi connectivity index (χ4v) is 3.06. The van der Waals surface area contributed by atoms with Crippen LogP contribution >= 0.6 is 22.9 Å². The zero-order valence-electron chi connectivity index (χ0n) is 11.7. The monoisotopic (exact) mass is 312 g/mol. The van der Waals surface area contributed by atoms with Crippen LogP contribution in [0.2, 0.25) is 5.02 Å². The summed E-state index contributed by atoms with van der Waals surface area (Å²) < 4.78 is 10.5. The summed E-state index contributed by atoms with van der Waals surface area (Å²) >= 11 is 7.96. The standard InChI is InChI=1S/C14H17ClN2O2S/c1-4-7-16-14-17-8-11(20-14)9-5-6-10(18-2)13(19-3)12(9)15/h5-6,8H,4,7H2,1-3H3,(H,16,17). The van der Waals surface area contributed by atoms with Crippen molar-refractivity contribution in [3.05, 3.63) is 23.4 Å². The molecular formula is C14H17ClN2O2S. The highest BCUT2D eigenvalue weighted by atomic mass is 35.5. The van der Waals surface area contributed by atoms with Gasteiger partial charge in [-0.3, -0.25) is 0 Å². The summed E-state index contributed by atoms with van der Waals surface area (Å²) in [5.41, 5.74) is 0.895. The minimum absolute atomic E-state index is 0.539. The van der Waals surface area contributed by atoms with E-state index in [9.17, 15) is 0 Å². The minimum atomic E-state index is 0.539. The fourth-order valence-electron chi connectivity index (χ4n) is 1.79. The Kier molecular flexibility index (Phi) is 5.09. The van der Waals surface area contributed by atoms with Gasteiger partial charge < -0.3 is 14.8 Å². The second-order valence-corrected chi connectivity index (χ2v) is 5.53. The van der Waals surface area contributed by atoms with Gasteiger partial charge in [0.1, 0.15) is 0 Å². The molecule has 0 unspecified atom stereocenters. The lowest BCUT2D eigenvalue weighted by molar-refractivity contribution is 0.355. The maximum atomic E-state index is 6.39. The summed E-state index contributed by atoms with van der Waals surface area (Å²) in [6, 6.07) is 3.76. The van der Waals surface area contributed by atoms with Crippen molar-refractivity contribution in [2.24, 2.45) is 0 Å². The van der Waals surface area contributed by atoms with E-state index in [-0.39, 0.29) is 0 Å². The molecule has 1 N–H and O–H groups in total. The smallest absolute Gasteiger partial charge is 0.183 e. The molecule has 0 fully saturated rings. The van der Waals surface area contributed by atoms with E-state index in [2.05, 4.69) is 17.2 Å². The van der Waals surface area contributed by atoms with E-state index in [0.29, 0.717) is 16.5 Å². The maximum absolute atomic E-state index is 6.39. The van der Waals surface area contributed by atoms with Crippen molar-refractivity contribution in [1.29, 1.82) is 0 Å². The zero-order valence-corrected chi connectivity index (χ0v) is 13.3. The van der Waals surface area contributed by atoms with Crippen LogP contribution in [-0.4, -0.2) is 25.7 Å². The molecular weight excluding hydrogens is 296 g/mol. The molecule has 20 heavy (non-hydrogen) atoms. The second-order valence-electron chi connectivity index (χ2n) is 4.12. The number of aromatic nitrogens is 1. The highest BCUT2D eigenvalue weighted by Crippen LogP contribution is 2.43. The Morgan fingerprint density at radius 2 is 2.10 bits per heavy atom. The summed E-state index contributed by atoms with van der Waals surface area (Å²) in [5.74, 6) is 1.17. The molecule has 0 saturated heterocycles. The van der Waals surface area contributed by atoms with Gasteiger partial charge >= 0.3 is 0 Å². The van der Waals surface area contributed by atoms with Crippen molar-refractivity contribution in [2.75, 3.05) is 26.1 Å². The Morgan fingerprint density at radius 3 is 2.75 bits per heavy atom. The number of thiazole rings is 1. The highest BCUT2D eigenvalue weighted by Gasteiger charge is 2.16. The van der Waals surface area contributed by atoms with Gasteiger partial charge in [-0.1, -0.05) is 29.9 Å². The molecule has 2 aromatic rings. The summed E-state index contributed by atoms with van der Waals surface area (Å²) in [7, 11) is 3.17. The van der Waals surface area contributed by atoms with Crippen LogP contribution in [0.1, 0.15) is 13.3 Å². The van der Waals surface area contributed by atoms with E-state index in [1.807, 2.05) is 18.3 Å². The zero-order chi connectivity index (χ0) is 14.5. The number of ether oxygens (including phenoxy) is 2. The number of nitrogens with one attached hydrogen (secondary N) is 1. The third-order valence-corrected chi connectivity index (χ3v) is 4.15. The van der Waals surface area contributed by atoms with Crippen molar-refractivity contribution in [3.63, 3.8) is 0 Å². The van der Waals surface area contributed by atoms with Gasteiger partial charge in [0.25, 0.3) is 0 Å². The first-order chi connectivity index (χ1) is 9.71. The number of hydrogen-bond donors (Lipinski definition) is 1. The molecule has 0 spiro atoms. The first-order valence-corrected chi connectivity index (χ1v) is 7.51. The number of rotatable bonds is 6. The highest BCUT2D eigenvalue weighted by molar-refractivity contribution is 7.18. The molecule has 0 aliphatic rings. The van der Waals surface area contributed by atoms with Gasteiger partial charge in [0.2, 0.25) is 0 Å². The molecule has 1 heterocycles. The van der Waals surface area contributed by atoms with Gasteiger partial charge in [-0.25, -0.2) is 4.98 Å². The molecule has 0 saturated carbocycles. The van der Waals surface area contributed by atoms with Crippen molar-refractivity contribution in [2.45, 2.75) is 13.3 Å². The Labute approximate surface area is 127 Å². The van der Waals surface area contributed by atoms with Crippen LogP contribution in [0.15, 0.2) is 18.3 Å². The van der Waals surface area contributed by atoms with Gasteiger partial charge in [-0.2, -0.15) is 0 Å². The summed E-state index contributed by atoms with van der Waals surface area (Å²) in [5, 5.41) is 4.70. The van der Waals surface area contributed by atoms with Gasteiger partial charge in [0.05, 0.1) is 24.1 Å². The number of nitrogens with zero attached hydrogens (tertiary/aromatic N) is 1. The topological polar surface area (TPSA) is 43.4 Å². The van der Waals surface area contributed by atoms with Gasteiger partial charge in [0.15, 0.2) is 16.6 Å². The van der Waals surface area contributed by atoms with E-state index in [1.54, 1.807) is 25.6 Å². The number of anilines is 1. The van der Waals surface area contributed by atoms with Crippen molar-refractivity contribution >= 4 is 28.1 Å². The average molecular weight is 313 g/mol. The van der Waals surface area contributed by atoms with Crippen LogP contribution in [0.3, 0.4) is 0 Å². The van der Waals surface area contributed by atoms with E-state index in [1.165, 1.54) is 0 Å². The van der Waals surface area contributed by atoms with E-state index in [4.69, 9.17) is 21.1 Å². The van der Waals surface area contributed by atoms with Gasteiger partial charge in [-0.15, -0.1) is 0 Å². The predicted octanol–water partition coefficient (Wildman–Crippen LogP) is 4.30. The second kappa shape index (κ2) is 6.81. The lowest BCUT2D eigenvalue weighted by Crippen LogP contribution is -1.97. The van der Waals surface area contributed by atoms with Crippen molar-refractivity contribution in [1.82, 2.24) is 4.98 Å². The van der Waals surface area contributed by atoms with Gasteiger partial charge in [0, 0.05) is 18.3 Å². The van der Waals surface area contributed by atoms with E-state index < -0.39 is 0 Å². The molecule has 1 aromatic carbocycles. The maximum Gasteiger partial charge on any atom is 0.183 e. The van der Waals surface area contributed by atoms with Crippen LogP contribution < -0.4 is 14.8 Å². The molecule has 0 radical (unpaired) electrons. The normalized spacial score (nSPS) is 10.4. The molecule has 6 heteroatoms. The minimum Gasteiger partial charge on any atom is -0.493 e. The van der Waals surface area contributed by atoms with Crippen molar-refractivity contribution in [3.8, 4) is 21.9 Å². The van der Waals surface area contributed by atoms with Crippen LogP contribution in [0.25, 0.3) is 10.4 Å². The summed E-state index contributed by atoms with van der Waals surface area (Å²) in [4.78, 5) is 5.34. The van der Waals surface area contributed by atoms with E-state index >= 15 is 0 Å². The number of benzene rings is 1. The lowest BCUT2D eigenvalue weighted by atomic mass is 10.2. The number of halogens is 1. The molecule has 1 aromatic heterocycles. The fraction of sp³-hybridized carbons (Fsp3) is 0.357.